The maximum Gasteiger partial charge on any atom is 0.496 e. The second-order valence-corrected chi connectivity index (χ2v) is 8.51. The van der Waals surface area contributed by atoms with Crippen molar-refractivity contribution in [1.82, 2.24) is 4.98 Å². The number of carbonyl (C=O) groups excluding carboxylic acids is 1. The van der Waals surface area contributed by atoms with Crippen molar-refractivity contribution in [1.29, 1.82) is 0 Å². The summed E-state index contributed by atoms with van der Waals surface area (Å²) in [5.41, 5.74) is -1.24. The zero-order valence-corrected chi connectivity index (χ0v) is 17.9. The van der Waals surface area contributed by atoms with Crippen LogP contribution in [0.25, 0.3) is 0 Å². The monoisotopic (exact) mass is 440 g/mol. The lowest BCUT2D eigenvalue weighted by atomic mass is 9.79. The Hall–Kier alpha value is -2.10. The number of aryl methyl sites for hydroxylation is 1. The van der Waals surface area contributed by atoms with Gasteiger partial charge in [-0.25, -0.2) is 4.98 Å². The molecule has 0 bridgehead atoms. The molecule has 3 rings (SSSR count). The van der Waals surface area contributed by atoms with Crippen LogP contribution in [0.4, 0.5) is 18.9 Å². The second kappa shape index (κ2) is 7.55. The molecular formula is C20H21BClF3N2O3. The Balaban J connectivity index is 1.83. The summed E-state index contributed by atoms with van der Waals surface area (Å²) in [7, 11) is -0.728. The van der Waals surface area contributed by atoms with Crippen LogP contribution in [0.15, 0.2) is 30.3 Å². The number of nitrogens with zero attached hydrogens (tertiary/aromatic N) is 1. The number of aromatic nitrogens is 1. The van der Waals surface area contributed by atoms with Gasteiger partial charge in [0.2, 0.25) is 0 Å². The van der Waals surface area contributed by atoms with E-state index in [0.29, 0.717) is 16.2 Å². The number of halogens is 4. The van der Waals surface area contributed by atoms with Gasteiger partial charge in [0.05, 0.1) is 22.5 Å². The molecule has 1 N–H and O–H groups in total. The molecule has 30 heavy (non-hydrogen) atoms. The van der Waals surface area contributed by atoms with Gasteiger partial charge in [0.25, 0.3) is 5.91 Å². The maximum atomic E-state index is 12.8. The molecule has 0 unspecified atom stereocenters. The van der Waals surface area contributed by atoms with Crippen LogP contribution >= 0.6 is 11.6 Å². The molecular weight excluding hydrogens is 419 g/mol. The van der Waals surface area contributed by atoms with Crippen LogP contribution < -0.4 is 10.8 Å². The average Bonchev–Trinajstić information content (AvgIpc) is 2.83. The number of nitrogens with one attached hydrogen (secondary N) is 1. The molecule has 5 nitrogen and oxygen atoms in total. The van der Waals surface area contributed by atoms with Crippen molar-refractivity contribution in [3.8, 4) is 0 Å². The van der Waals surface area contributed by atoms with E-state index >= 15 is 0 Å². The van der Waals surface area contributed by atoms with Gasteiger partial charge in [0, 0.05) is 16.2 Å². The van der Waals surface area contributed by atoms with Gasteiger partial charge in [-0.2, -0.15) is 13.2 Å². The van der Waals surface area contributed by atoms with E-state index in [-0.39, 0.29) is 11.3 Å². The van der Waals surface area contributed by atoms with Crippen LogP contribution in [-0.2, 0) is 15.5 Å². The van der Waals surface area contributed by atoms with E-state index < -0.39 is 36.1 Å². The molecule has 1 aromatic heterocycles. The third kappa shape index (κ3) is 4.33. The molecule has 0 saturated carbocycles. The number of alkyl halides is 3. The summed E-state index contributed by atoms with van der Waals surface area (Å²) in [6.07, 6.45) is -4.58. The molecule has 2 aromatic rings. The van der Waals surface area contributed by atoms with E-state index in [1.54, 1.807) is 18.2 Å². The highest BCUT2D eigenvalue weighted by Crippen LogP contribution is 2.37. The van der Waals surface area contributed by atoms with Gasteiger partial charge in [-0.3, -0.25) is 4.79 Å². The normalized spacial score (nSPS) is 17.8. The number of hydrogen-bond acceptors (Lipinski definition) is 4. The largest absolute Gasteiger partial charge is 0.496 e. The van der Waals surface area contributed by atoms with Gasteiger partial charge >= 0.3 is 13.3 Å². The summed E-state index contributed by atoms with van der Waals surface area (Å²) in [4.78, 5) is 16.1. The minimum atomic E-state index is -4.58. The summed E-state index contributed by atoms with van der Waals surface area (Å²) >= 11 is 6.31. The summed E-state index contributed by atoms with van der Waals surface area (Å²) in [5, 5.41) is 3.06. The van der Waals surface area contributed by atoms with Crippen LogP contribution in [0.2, 0.25) is 5.02 Å². The fourth-order valence-corrected chi connectivity index (χ4v) is 3.14. The van der Waals surface area contributed by atoms with Crippen molar-refractivity contribution in [2.75, 3.05) is 5.32 Å². The second-order valence-electron chi connectivity index (χ2n) is 8.11. The predicted molar refractivity (Wildman–Crippen MR) is 109 cm³/mol. The summed E-state index contributed by atoms with van der Waals surface area (Å²) in [5.74, 6) is -0.587. The molecule has 1 fully saturated rings. The highest BCUT2D eigenvalue weighted by Gasteiger charge is 2.52. The van der Waals surface area contributed by atoms with Crippen LogP contribution in [0.3, 0.4) is 0 Å². The van der Waals surface area contributed by atoms with Gasteiger partial charge in [-0.05, 0) is 65.0 Å². The van der Waals surface area contributed by atoms with Crippen molar-refractivity contribution >= 4 is 35.8 Å². The third-order valence-corrected chi connectivity index (χ3v) is 5.73. The van der Waals surface area contributed by atoms with Crippen LogP contribution in [0, 0.1) is 6.92 Å². The number of rotatable bonds is 3. The van der Waals surface area contributed by atoms with Crippen molar-refractivity contribution in [2.45, 2.75) is 52.0 Å². The van der Waals surface area contributed by atoms with Gasteiger partial charge in [-0.15, -0.1) is 0 Å². The lowest BCUT2D eigenvalue weighted by molar-refractivity contribution is -0.141. The molecule has 0 radical (unpaired) electrons. The predicted octanol–water partition coefficient (Wildman–Crippen LogP) is 4.61. The van der Waals surface area contributed by atoms with Gasteiger partial charge in [0.1, 0.15) is 5.69 Å². The number of benzene rings is 1. The molecule has 0 spiro atoms. The minimum absolute atomic E-state index is 0.0255. The van der Waals surface area contributed by atoms with E-state index in [2.05, 4.69) is 10.3 Å². The van der Waals surface area contributed by atoms with E-state index in [1.807, 2.05) is 27.7 Å². The fourth-order valence-electron chi connectivity index (χ4n) is 2.93. The van der Waals surface area contributed by atoms with Crippen molar-refractivity contribution < 1.29 is 27.3 Å². The van der Waals surface area contributed by atoms with Gasteiger partial charge < -0.3 is 14.6 Å². The topological polar surface area (TPSA) is 60.5 Å². The Kier molecular flexibility index (Phi) is 5.68. The van der Waals surface area contributed by atoms with Crippen molar-refractivity contribution in [2.24, 2.45) is 0 Å². The highest BCUT2D eigenvalue weighted by atomic mass is 35.5. The first-order valence-electron chi connectivity index (χ1n) is 9.22. The smallest absolute Gasteiger partial charge is 0.399 e. The Morgan fingerprint density at radius 1 is 1.10 bits per heavy atom. The van der Waals surface area contributed by atoms with E-state index in [0.717, 1.165) is 12.1 Å². The summed E-state index contributed by atoms with van der Waals surface area (Å²) in [6, 6.07) is 6.68. The molecule has 0 aliphatic carbocycles. The first kappa shape index (κ1) is 22.6. The first-order valence-corrected chi connectivity index (χ1v) is 9.60. The molecule has 1 aromatic carbocycles. The Bertz CT molecular complexity index is 980. The lowest BCUT2D eigenvalue weighted by Crippen LogP contribution is -2.41. The average molecular weight is 441 g/mol. The van der Waals surface area contributed by atoms with E-state index in [1.165, 1.54) is 6.92 Å². The van der Waals surface area contributed by atoms with Gasteiger partial charge in [-0.1, -0.05) is 11.6 Å². The lowest BCUT2D eigenvalue weighted by Gasteiger charge is -2.32. The number of hydrogen-bond donors (Lipinski definition) is 1. The SMILES string of the molecule is Cc1nc(C(F)(F)F)ccc1C(=O)Nc1ccc(Cl)c(B2OC(C)(C)C(C)(C)O2)c1. The number of amides is 1. The Morgan fingerprint density at radius 3 is 2.23 bits per heavy atom. The highest BCUT2D eigenvalue weighted by molar-refractivity contribution is 6.65. The standard InChI is InChI=1S/C20H21BClF3N2O3/c1-11-13(7-9-16(26-11)20(23,24)25)17(28)27-12-6-8-15(22)14(10-12)21-29-18(2,3)19(4,5)30-21/h6-10H,1-5H3,(H,27,28). The Labute approximate surface area is 178 Å². The molecule has 1 aliphatic rings. The Morgan fingerprint density at radius 2 is 1.70 bits per heavy atom. The number of carbonyl (C=O) groups is 1. The number of anilines is 1. The van der Waals surface area contributed by atoms with E-state index in [9.17, 15) is 18.0 Å². The number of pyridine rings is 1. The molecule has 10 heteroatoms. The van der Waals surface area contributed by atoms with Crippen molar-refractivity contribution in [3.63, 3.8) is 0 Å². The summed E-state index contributed by atoms with van der Waals surface area (Å²) < 4.78 is 50.4. The molecule has 160 valence electrons. The fraction of sp³-hybridized carbons (Fsp3) is 0.400. The first-order chi connectivity index (χ1) is 13.7. The van der Waals surface area contributed by atoms with Crippen LogP contribution in [0.1, 0.15) is 49.4 Å². The minimum Gasteiger partial charge on any atom is -0.399 e. The molecule has 2 heterocycles. The third-order valence-electron chi connectivity index (χ3n) is 5.38. The zero-order chi connectivity index (χ0) is 22.5. The van der Waals surface area contributed by atoms with E-state index in [4.69, 9.17) is 20.9 Å². The van der Waals surface area contributed by atoms with Gasteiger partial charge in [0.15, 0.2) is 0 Å². The molecule has 1 saturated heterocycles. The van der Waals surface area contributed by atoms with Crippen LogP contribution in [0.5, 0.6) is 0 Å². The molecule has 1 aliphatic heterocycles. The molecule has 0 atom stereocenters. The zero-order valence-electron chi connectivity index (χ0n) is 17.1. The summed E-state index contributed by atoms with van der Waals surface area (Å²) in [6.45, 7) is 8.99. The quantitative estimate of drug-likeness (QED) is 0.708. The molecule has 1 amide bonds. The maximum absolute atomic E-state index is 12.8. The van der Waals surface area contributed by atoms with Crippen molar-refractivity contribution in [3.05, 3.63) is 52.3 Å². The van der Waals surface area contributed by atoms with Crippen LogP contribution in [-0.4, -0.2) is 29.2 Å².